The molecular weight excluding hydrogens is 94.9 g/mol. The summed E-state index contributed by atoms with van der Waals surface area (Å²) < 4.78 is 0. The van der Waals surface area contributed by atoms with E-state index in [1.807, 2.05) is 6.08 Å². The van der Waals surface area contributed by atoms with Crippen LogP contribution in [0.15, 0.2) is 24.2 Å². The number of hydrogen-bond donors (Lipinski definition) is 0. The van der Waals surface area contributed by atoms with Gasteiger partial charge in [0.15, 0.2) is 6.71 Å². The van der Waals surface area contributed by atoms with Crippen LogP contribution in [0.25, 0.3) is 0 Å². The van der Waals surface area contributed by atoms with E-state index in [1.54, 1.807) is 0 Å². The van der Waals surface area contributed by atoms with Gasteiger partial charge in [-0.05, 0) is 6.92 Å². The quantitative estimate of drug-likeness (QED) is 0.376. The van der Waals surface area contributed by atoms with Crippen molar-refractivity contribution in [2.24, 2.45) is 0 Å². The molecule has 8 heavy (non-hydrogen) atoms. The fraction of sp³-hybridized carbons (Fsp3) is 0.429. The smallest absolute Gasteiger partial charge is 0.113 e. The summed E-state index contributed by atoms with van der Waals surface area (Å²) in [5.74, 6) is 2.19. The van der Waals surface area contributed by atoms with Crippen molar-refractivity contribution >= 4 is 6.71 Å². The fourth-order valence-electron chi connectivity index (χ4n) is 0.594. The first-order valence-electron chi connectivity index (χ1n) is 2.97. The number of rotatable bonds is 2. The minimum Gasteiger partial charge on any atom is -0.113 e. The van der Waals surface area contributed by atoms with Crippen LogP contribution in [-0.4, -0.2) is 6.71 Å². The molecule has 0 rings (SSSR count). The Labute approximate surface area is 52.4 Å². The van der Waals surface area contributed by atoms with Gasteiger partial charge in [-0.2, -0.15) is 0 Å². The van der Waals surface area contributed by atoms with Gasteiger partial charge in [-0.1, -0.05) is 31.9 Å². The zero-order chi connectivity index (χ0) is 6.57. The number of allylic oxidation sites excluding steroid dienone is 2. The molecule has 0 atom stereocenters. The topological polar surface area (TPSA) is 0 Å². The molecule has 0 aliphatic carbocycles. The summed E-state index contributed by atoms with van der Waals surface area (Å²) in [6.45, 7) is 10.7. The van der Waals surface area contributed by atoms with Gasteiger partial charge in [0.1, 0.15) is 0 Å². The van der Waals surface area contributed by atoms with Crippen LogP contribution in [0.2, 0.25) is 13.6 Å². The molecule has 0 aliphatic rings. The van der Waals surface area contributed by atoms with Gasteiger partial charge in [0.05, 0.1) is 0 Å². The summed E-state index contributed by atoms with van der Waals surface area (Å²) in [5, 5.41) is 0. The van der Waals surface area contributed by atoms with Crippen molar-refractivity contribution in [3.05, 3.63) is 24.2 Å². The maximum atomic E-state index is 3.65. The third-order valence-corrected chi connectivity index (χ3v) is 0.918. The lowest BCUT2D eigenvalue weighted by Crippen LogP contribution is -1.93. The first-order chi connectivity index (χ1) is 3.66. The second-order valence-corrected chi connectivity index (χ2v) is 2.36. The van der Waals surface area contributed by atoms with Crippen LogP contribution < -0.4 is 0 Å². The Hall–Kier alpha value is -0.455. The molecule has 0 spiro atoms. The van der Waals surface area contributed by atoms with Crippen LogP contribution in [0, 0.1) is 0 Å². The first-order valence-corrected chi connectivity index (χ1v) is 2.97. The molecule has 0 aliphatic heterocycles. The van der Waals surface area contributed by atoms with Crippen molar-refractivity contribution < 1.29 is 0 Å². The third kappa shape index (κ3) is 3.73. The zero-order valence-corrected chi connectivity index (χ0v) is 5.94. The van der Waals surface area contributed by atoms with Crippen molar-refractivity contribution in [3.8, 4) is 0 Å². The highest BCUT2D eigenvalue weighted by Crippen LogP contribution is 1.94. The largest absolute Gasteiger partial charge is 0.160 e. The van der Waals surface area contributed by atoms with Gasteiger partial charge in [0.25, 0.3) is 0 Å². The highest BCUT2D eigenvalue weighted by atomic mass is 13.7. The molecule has 0 amide bonds. The Kier molecular flexibility index (Phi) is 3.33. The lowest BCUT2D eigenvalue weighted by molar-refractivity contribution is 1.55. The van der Waals surface area contributed by atoms with E-state index in [0.717, 1.165) is 0 Å². The standard InChI is InChI=1S/C7H13B/c1-5-7(2)6-8(3)4/h5-6H,1H2,2-4H3/b7-6-. The average molecular weight is 108 g/mol. The first kappa shape index (κ1) is 7.54. The summed E-state index contributed by atoms with van der Waals surface area (Å²) in [6, 6.07) is 0. The van der Waals surface area contributed by atoms with E-state index >= 15 is 0 Å². The summed E-state index contributed by atoms with van der Waals surface area (Å²) in [7, 11) is 0. The Morgan fingerprint density at radius 3 is 2.12 bits per heavy atom. The van der Waals surface area contributed by atoms with E-state index in [9.17, 15) is 0 Å². The van der Waals surface area contributed by atoms with Crippen molar-refractivity contribution in [2.75, 3.05) is 0 Å². The average Bonchev–Trinajstić information content (AvgIpc) is 1.65. The van der Waals surface area contributed by atoms with Crippen LogP contribution in [-0.2, 0) is 0 Å². The summed E-state index contributed by atoms with van der Waals surface area (Å²) in [5.41, 5.74) is 1.26. The molecular formula is C7H13B. The molecule has 0 aromatic heterocycles. The minimum absolute atomic E-state index is 0.646. The predicted octanol–water partition coefficient (Wildman–Crippen LogP) is 2.41. The molecule has 0 radical (unpaired) electrons. The van der Waals surface area contributed by atoms with Gasteiger partial charge in [0, 0.05) is 0 Å². The van der Waals surface area contributed by atoms with Gasteiger partial charge < -0.3 is 0 Å². The Balaban J connectivity index is 3.74. The molecule has 44 valence electrons. The van der Waals surface area contributed by atoms with Gasteiger partial charge in [-0.3, -0.25) is 0 Å². The Morgan fingerprint density at radius 2 is 2.00 bits per heavy atom. The summed E-state index contributed by atoms with van der Waals surface area (Å²) in [6.07, 6.45) is 1.88. The van der Waals surface area contributed by atoms with Crippen LogP contribution in [0.3, 0.4) is 0 Å². The van der Waals surface area contributed by atoms with Crippen molar-refractivity contribution in [1.29, 1.82) is 0 Å². The van der Waals surface area contributed by atoms with E-state index in [1.165, 1.54) is 5.57 Å². The van der Waals surface area contributed by atoms with Gasteiger partial charge in [-0.25, -0.2) is 0 Å². The molecule has 0 heterocycles. The summed E-state index contributed by atoms with van der Waals surface area (Å²) >= 11 is 0. The maximum Gasteiger partial charge on any atom is 0.160 e. The van der Waals surface area contributed by atoms with Crippen LogP contribution in [0.4, 0.5) is 0 Å². The maximum absolute atomic E-state index is 3.65. The highest BCUT2D eigenvalue weighted by Gasteiger charge is 1.89. The Morgan fingerprint density at radius 1 is 1.50 bits per heavy atom. The molecule has 0 aromatic carbocycles. The highest BCUT2D eigenvalue weighted by molar-refractivity contribution is 6.61. The van der Waals surface area contributed by atoms with Gasteiger partial charge in [0.2, 0.25) is 0 Å². The van der Waals surface area contributed by atoms with Crippen molar-refractivity contribution in [2.45, 2.75) is 20.6 Å². The third-order valence-electron chi connectivity index (χ3n) is 0.918. The lowest BCUT2D eigenvalue weighted by atomic mass is 9.54. The summed E-state index contributed by atoms with van der Waals surface area (Å²) in [4.78, 5) is 0. The van der Waals surface area contributed by atoms with Crippen LogP contribution in [0.1, 0.15) is 6.92 Å². The van der Waals surface area contributed by atoms with E-state index in [2.05, 4.69) is 33.1 Å². The predicted molar refractivity (Wildman–Crippen MR) is 41.4 cm³/mol. The molecule has 0 bridgehead atoms. The molecule has 0 fully saturated rings. The molecule has 0 nitrogen and oxygen atoms in total. The van der Waals surface area contributed by atoms with Crippen LogP contribution >= 0.6 is 0 Å². The van der Waals surface area contributed by atoms with Gasteiger partial charge >= 0.3 is 0 Å². The van der Waals surface area contributed by atoms with Crippen molar-refractivity contribution in [1.82, 2.24) is 0 Å². The second kappa shape index (κ2) is 3.53. The van der Waals surface area contributed by atoms with E-state index in [4.69, 9.17) is 0 Å². The molecule has 0 saturated heterocycles. The van der Waals surface area contributed by atoms with Crippen molar-refractivity contribution in [3.63, 3.8) is 0 Å². The second-order valence-electron chi connectivity index (χ2n) is 2.36. The SMILES string of the molecule is C=C/C(C)=C\B(C)C. The van der Waals surface area contributed by atoms with E-state index in [0.29, 0.717) is 6.71 Å². The molecule has 0 unspecified atom stereocenters. The zero-order valence-electron chi connectivity index (χ0n) is 5.94. The minimum atomic E-state index is 0.646. The normalized spacial score (nSPS) is 11.1. The molecule has 0 N–H and O–H groups in total. The number of hydrogen-bond acceptors (Lipinski definition) is 0. The molecule has 0 aromatic rings. The monoisotopic (exact) mass is 108 g/mol. The van der Waals surface area contributed by atoms with Crippen LogP contribution in [0.5, 0.6) is 0 Å². The van der Waals surface area contributed by atoms with E-state index in [-0.39, 0.29) is 0 Å². The van der Waals surface area contributed by atoms with E-state index < -0.39 is 0 Å². The Bertz CT molecular complexity index is 101. The van der Waals surface area contributed by atoms with Gasteiger partial charge in [-0.15, -0.1) is 5.98 Å². The fourth-order valence-corrected chi connectivity index (χ4v) is 0.594. The molecule has 1 heteroatoms. The lowest BCUT2D eigenvalue weighted by Gasteiger charge is -1.90. The molecule has 0 saturated carbocycles.